The van der Waals surface area contributed by atoms with Gasteiger partial charge in [0.2, 0.25) is 0 Å². The van der Waals surface area contributed by atoms with Crippen molar-refractivity contribution < 1.29 is 23.9 Å². The monoisotopic (exact) mass is 472 g/mol. The van der Waals surface area contributed by atoms with Crippen LogP contribution in [0.15, 0.2) is 61.0 Å². The summed E-state index contributed by atoms with van der Waals surface area (Å²) in [6.07, 6.45) is 0.923. The Morgan fingerprint density at radius 3 is 2.51 bits per heavy atom. The molecule has 9 nitrogen and oxygen atoms in total. The number of rotatable bonds is 5. The lowest BCUT2D eigenvalue weighted by Crippen LogP contribution is -2.46. The lowest BCUT2D eigenvalue weighted by atomic mass is 9.96. The molecule has 2 aromatic carbocycles. The zero-order valence-corrected chi connectivity index (χ0v) is 19.3. The van der Waals surface area contributed by atoms with Gasteiger partial charge in [0.1, 0.15) is 11.4 Å². The van der Waals surface area contributed by atoms with E-state index in [1.54, 1.807) is 35.0 Å². The number of amides is 4. The fourth-order valence-electron chi connectivity index (χ4n) is 4.36. The third kappa shape index (κ3) is 3.74. The van der Waals surface area contributed by atoms with E-state index in [4.69, 9.17) is 4.74 Å². The number of ether oxygens (including phenoxy) is 1. The number of likely N-dealkylation sites (N-methyl/N-ethyl adjacent to an activating group) is 1. The summed E-state index contributed by atoms with van der Waals surface area (Å²) < 4.78 is 5.51. The van der Waals surface area contributed by atoms with Gasteiger partial charge < -0.3 is 19.9 Å². The predicted octanol–water partition coefficient (Wildman–Crippen LogP) is 2.04. The van der Waals surface area contributed by atoms with Gasteiger partial charge in [-0.05, 0) is 41.3 Å². The third-order valence-corrected chi connectivity index (χ3v) is 6.58. The molecule has 1 fully saturated rings. The highest BCUT2D eigenvalue weighted by Gasteiger charge is 2.34. The Labute approximate surface area is 202 Å². The molecule has 9 heteroatoms. The lowest BCUT2D eigenvalue weighted by molar-refractivity contribution is -0.132. The minimum atomic E-state index is -0.655. The van der Waals surface area contributed by atoms with E-state index in [2.05, 4.69) is 18.5 Å². The van der Waals surface area contributed by atoms with Crippen LogP contribution in [0.2, 0.25) is 0 Å². The summed E-state index contributed by atoms with van der Waals surface area (Å²) in [5.41, 5.74) is 3.35. The van der Waals surface area contributed by atoms with Gasteiger partial charge in [-0.2, -0.15) is 0 Å². The van der Waals surface area contributed by atoms with E-state index in [0.717, 1.165) is 23.1 Å². The molecular weight excluding hydrogens is 448 g/mol. The third-order valence-electron chi connectivity index (χ3n) is 6.58. The Morgan fingerprint density at radius 2 is 1.80 bits per heavy atom. The van der Waals surface area contributed by atoms with Crippen LogP contribution in [0.25, 0.3) is 11.1 Å². The van der Waals surface area contributed by atoms with Crippen molar-refractivity contribution in [1.29, 1.82) is 0 Å². The molecule has 178 valence electrons. The van der Waals surface area contributed by atoms with Crippen LogP contribution < -0.4 is 15.0 Å². The summed E-state index contributed by atoms with van der Waals surface area (Å²) in [6, 6.07) is 10.9. The molecule has 0 spiro atoms. The number of carbonyl (C=O) groups is 4. The molecule has 4 amide bonds. The molecule has 3 heterocycles. The van der Waals surface area contributed by atoms with Crippen molar-refractivity contribution in [3.8, 4) is 16.9 Å². The second-order valence-electron chi connectivity index (χ2n) is 8.67. The lowest BCUT2D eigenvalue weighted by Gasteiger charge is -2.31. The molecule has 1 N–H and O–H groups in total. The van der Waals surface area contributed by atoms with Gasteiger partial charge >= 0.3 is 0 Å². The number of hydrogen-bond donors (Lipinski definition) is 1. The molecule has 3 aliphatic rings. The van der Waals surface area contributed by atoms with Crippen LogP contribution in [0.5, 0.6) is 5.75 Å². The Morgan fingerprint density at radius 1 is 1.06 bits per heavy atom. The topological polar surface area (TPSA) is 99.3 Å². The molecule has 3 aliphatic heterocycles. The van der Waals surface area contributed by atoms with Crippen molar-refractivity contribution in [3.63, 3.8) is 0 Å². The second-order valence-corrected chi connectivity index (χ2v) is 8.67. The van der Waals surface area contributed by atoms with Crippen molar-refractivity contribution in [2.45, 2.75) is 13.0 Å². The Kier molecular flexibility index (Phi) is 5.39. The first-order chi connectivity index (χ1) is 16.8. The highest BCUT2D eigenvalue weighted by molar-refractivity contribution is 6.08. The quantitative estimate of drug-likeness (QED) is 0.672. The maximum atomic E-state index is 13.2. The number of hydrogen-bond acceptors (Lipinski definition) is 5. The molecule has 5 rings (SSSR count). The first-order valence-electron chi connectivity index (χ1n) is 11.2. The zero-order chi connectivity index (χ0) is 24.9. The first-order valence-corrected chi connectivity index (χ1v) is 11.2. The number of anilines is 1. The number of carbonyl (C=O) groups excluding carboxylic acids is 4. The van der Waals surface area contributed by atoms with Crippen molar-refractivity contribution in [2.75, 3.05) is 31.6 Å². The van der Waals surface area contributed by atoms with Crippen LogP contribution in [0, 0.1) is 0 Å². The predicted molar refractivity (Wildman–Crippen MR) is 128 cm³/mol. The van der Waals surface area contributed by atoms with Gasteiger partial charge in [0, 0.05) is 25.7 Å². The Balaban J connectivity index is 1.38. The summed E-state index contributed by atoms with van der Waals surface area (Å²) in [6.45, 7) is 8.87. The van der Waals surface area contributed by atoms with E-state index < -0.39 is 5.91 Å². The van der Waals surface area contributed by atoms with E-state index in [1.807, 2.05) is 18.2 Å². The Bertz CT molecular complexity index is 1330. The van der Waals surface area contributed by atoms with E-state index in [9.17, 15) is 19.2 Å². The summed E-state index contributed by atoms with van der Waals surface area (Å²) in [5.74, 6) is -0.881. The molecule has 0 bridgehead atoms. The average molecular weight is 473 g/mol. The molecule has 2 aromatic rings. The second kappa shape index (κ2) is 8.43. The highest BCUT2D eigenvalue weighted by Crippen LogP contribution is 2.39. The van der Waals surface area contributed by atoms with Crippen LogP contribution in [-0.4, -0.2) is 60.2 Å². The van der Waals surface area contributed by atoms with Gasteiger partial charge in [0.15, 0.2) is 6.61 Å². The van der Waals surface area contributed by atoms with Crippen LogP contribution in [0.1, 0.15) is 22.3 Å². The molecule has 0 saturated carbocycles. The molecule has 35 heavy (non-hydrogen) atoms. The molecular formula is C26H24N4O5. The normalized spacial score (nSPS) is 16.2. The minimum Gasteiger partial charge on any atom is -0.482 e. The molecule has 0 radical (unpaired) electrons. The number of nitrogens with one attached hydrogen (secondary N) is 1. The van der Waals surface area contributed by atoms with Crippen LogP contribution in [0.4, 0.5) is 5.69 Å². The number of likely N-dealkylation sites (tertiary alicyclic amines) is 1. The molecule has 0 aliphatic carbocycles. The number of benzene rings is 2. The molecule has 0 atom stereocenters. The average Bonchev–Trinajstić information content (AvgIpc) is 3.16. The fourth-order valence-corrected chi connectivity index (χ4v) is 4.36. The van der Waals surface area contributed by atoms with E-state index in [0.29, 0.717) is 30.1 Å². The standard InChI is InChI=1S/C26H24N4O5/c1-15(25(33)29-10-5-11-29)27-24(32)16(2)30-13-20-18(6-4-7-19(20)26(30)34)17-8-9-22-21(12-17)28(3)23(31)14-35-22/h4,6-9,12H,1-2,5,10-11,13-14H2,3H3,(H,27,32). The van der Waals surface area contributed by atoms with Crippen molar-refractivity contribution in [2.24, 2.45) is 0 Å². The van der Waals surface area contributed by atoms with Crippen molar-refractivity contribution in [1.82, 2.24) is 15.1 Å². The van der Waals surface area contributed by atoms with Gasteiger partial charge in [-0.25, -0.2) is 0 Å². The van der Waals surface area contributed by atoms with E-state index in [1.165, 1.54) is 4.90 Å². The zero-order valence-electron chi connectivity index (χ0n) is 19.3. The van der Waals surface area contributed by atoms with Crippen molar-refractivity contribution in [3.05, 3.63) is 72.1 Å². The van der Waals surface area contributed by atoms with Gasteiger partial charge in [-0.1, -0.05) is 31.4 Å². The number of fused-ring (bicyclic) bond motifs is 2. The van der Waals surface area contributed by atoms with Gasteiger partial charge in [0.25, 0.3) is 23.6 Å². The van der Waals surface area contributed by atoms with Crippen LogP contribution >= 0.6 is 0 Å². The first kappa shape index (κ1) is 22.4. The fraction of sp³-hybridized carbons (Fsp3) is 0.231. The summed E-state index contributed by atoms with van der Waals surface area (Å²) in [4.78, 5) is 54.7. The maximum absolute atomic E-state index is 13.2. The summed E-state index contributed by atoms with van der Waals surface area (Å²) in [7, 11) is 1.69. The van der Waals surface area contributed by atoms with Crippen LogP contribution in [0.3, 0.4) is 0 Å². The maximum Gasteiger partial charge on any atom is 0.271 e. The smallest absolute Gasteiger partial charge is 0.271 e. The van der Waals surface area contributed by atoms with Gasteiger partial charge in [-0.15, -0.1) is 0 Å². The Hall–Kier alpha value is -4.40. The number of nitrogens with zero attached hydrogens (tertiary/aromatic N) is 3. The largest absolute Gasteiger partial charge is 0.482 e. The van der Waals surface area contributed by atoms with Gasteiger partial charge in [0.05, 0.1) is 17.9 Å². The molecule has 0 aromatic heterocycles. The van der Waals surface area contributed by atoms with E-state index in [-0.39, 0.29) is 42.3 Å². The molecule has 0 unspecified atom stereocenters. The summed E-state index contributed by atoms with van der Waals surface area (Å²) in [5, 5.41) is 2.47. The highest BCUT2D eigenvalue weighted by atomic mass is 16.5. The molecule has 1 saturated heterocycles. The van der Waals surface area contributed by atoms with E-state index >= 15 is 0 Å². The van der Waals surface area contributed by atoms with Crippen molar-refractivity contribution >= 4 is 29.3 Å². The van der Waals surface area contributed by atoms with Gasteiger partial charge in [-0.3, -0.25) is 24.1 Å². The summed E-state index contributed by atoms with van der Waals surface area (Å²) >= 11 is 0. The minimum absolute atomic E-state index is 0.00668. The SMILES string of the molecule is C=C(NC(=O)C(=C)N1Cc2c(cccc2-c2ccc3c(c2)N(C)C(=O)CO3)C1=O)C(=O)N1CCC1. The van der Waals surface area contributed by atoms with Crippen LogP contribution in [-0.2, 0) is 20.9 Å².